The molecule has 6 nitrogen and oxygen atoms in total. The van der Waals surface area contributed by atoms with Crippen molar-refractivity contribution in [2.75, 3.05) is 26.1 Å². The number of ether oxygens (including phenoxy) is 2. The van der Waals surface area contributed by atoms with E-state index in [0.29, 0.717) is 5.69 Å². The highest BCUT2D eigenvalue weighted by atomic mass is 16.7. The second-order valence-corrected chi connectivity index (χ2v) is 2.97. The summed E-state index contributed by atoms with van der Waals surface area (Å²) in [6.07, 6.45) is 2.76. The SMILES string of the molecule is COC(CNC(=O)Nc1ccncc1)OC. The number of amides is 2. The fraction of sp³-hybridized carbons (Fsp3) is 0.400. The summed E-state index contributed by atoms with van der Waals surface area (Å²) in [4.78, 5) is 15.2. The van der Waals surface area contributed by atoms with Crippen LogP contribution in [0.5, 0.6) is 0 Å². The fourth-order valence-electron chi connectivity index (χ4n) is 1.05. The average Bonchev–Trinajstić information content (AvgIpc) is 2.31. The van der Waals surface area contributed by atoms with E-state index < -0.39 is 6.29 Å². The van der Waals surface area contributed by atoms with Crippen LogP contribution in [-0.2, 0) is 9.47 Å². The largest absolute Gasteiger partial charge is 0.354 e. The highest BCUT2D eigenvalue weighted by Gasteiger charge is 2.07. The van der Waals surface area contributed by atoms with Crippen molar-refractivity contribution in [1.82, 2.24) is 10.3 Å². The first-order valence-corrected chi connectivity index (χ1v) is 4.76. The molecule has 0 aliphatic heterocycles. The Balaban J connectivity index is 2.31. The van der Waals surface area contributed by atoms with Gasteiger partial charge >= 0.3 is 6.03 Å². The van der Waals surface area contributed by atoms with E-state index in [9.17, 15) is 4.79 Å². The smallest absolute Gasteiger partial charge is 0.319 e. The van der Waals surface area contributed by atoms with Crippen molar-refractivity contribution in [2.45, 2.75) is 6.29 Å². The second-order valence-electron chi connectivity index (χ2n) is 2.97. The van der Waals surface area contributed by atoms with Crippen molar-refractivity contribution in [3.63, 3.8) is 0 Å². The van der Waals surface area contributed by atoms with Crippen LogP contribution in [0.3, 0.4) is 0 Å². The van der Waals surface area contributed by atoms with Gasteiger partial charge in [-0.05, 0) is 12.1 Å². The Kier molecular flexibility index (Phi) is 5.24. The summed E-state index contributed by atoms with van der Waals surface area (Å²) in [6, 6.07) is 3.08. The van der Waals surface area contributed by atoms with E-state index in [1.807, 2.05) is 0 Å². The summed E-state index contributed by atoms with van der Waals surface area (Å²) in [5.74, 6) is 0. The zero-order chi connectivity index (χ0) is 11.8. The van der Waals surface area contributed by atoms with Crippen LogP contribution >= 0.6 is 0 Å². The van der Waals surface area contributed by atoms with E-state index in [-0.39, 0.29) is 12.6 Å². The van der Waals surface area contributed by atoms with Crippen molar-refractivity contribution in [3.05, 3.63) is 24.5 Å². The summed E-state index contributed by atoms with van der Waals surface area (Å²) in [5.41, 5.74) is 0.680. The van der Waals surface area contributed by atoms with Crippen LogP contribution in [0.1, 0.15) is 0 Å². The van der Waals surface area contributed by atoms with Gasteiger partial charge in [0.05, 0.1) is 6.54 Å². The number of rotatable bonds is 5. The van der Waals surface area contributed by atoms with Crippen LogP contribution in [0.25, 0.3) is 0 Å². The predicted molar refractivity (Wildman–Crippen MR) is 59.1 cm³/mol. The van der Waals surface area contributed by atoms with Crippen molar-refractivity contribution < 1.29 is 14.3 Å². The van der Waals surface area contributed by atoms with Crippen molar-refractivity contribution in [2.24, 2.45) is 0 Å². The molecule has 0 unspecified atom stereocenters. The normalized spacial score (nSPS) is 10.2. The monoisotopic (exact) mass is 225 g/mol. The van der Waals surface area contributed by atoms with Crippen molar-refractivity contribution in [1.29, 1.82) is 0 Å². The number of hydrogen-bond donors (Lipinski definition) is 2. The molecule has 88 valence electrons. The number of methoxy groups -OCH3 is 2. The molecule has 0 aliphatic rings. The number of hydrogen-bond acceptors (Lipinski definition) is 4. The number of aromatic nitrogens is 1. The Morgan fingerprint density at radius 1 is 1.38 bits per heavy atom. The molecule has 1 aromatic rings. The van der Waals surface area contributed by atoms with Gasteiger partial charge in [0.25, 0.3) is 0 Å². The van der Waals surface area contributed by atoms with Crippen LogP contribution in [-0.4, -0.2) is 38.1 Å². The van der Waals surface area contributed by atoms with Gasteiger partial charge in [0.2, 0.25) is 0 Å². The Bertz CT molecular complexity index is 314. The first-order chi connectivity index (χ1) is 7.76. The molecule has 0 spiro atoms. The summed E-state index contributed by atoms with van der Waals surface area (Å²) in [5, 5.41) is 5.26. The molecule has 16 heavy (non-hydrogen) atoms. The molecule has 0 fully saturated rings. The molecule has 1 rings (SSSR count). The molecule has 0 aliphatic carbocycles. The van der Waals surface area contributed by atoms with E-state index in [4.69, 9.17) is 9.47 Å². The molecule has 0 saturated carbocycles. The van der Waals surface area contributed by atoms with Crippen LogP contribution in [0.4, 0.5) is 10.5 Å². The number of nitrogens with one attached hydrogen (secondary N) is 2. The Hall–Kier alpha value is -1.66. The summed E-state index contributed by atoms with van der Waals surface area (Å²) in [7, 11) is 3.02. The van der Waals surface area contributed by atoms with Crippen molar-refractivity contribution >= 4 is 11.7 Å². The lowest BCUT2D eigenvalue weighted by Crippen LogP contribution is -2.36. The molecule has 0 atom stereocenters. The zero-order valence-electron chi connectivity index (χ0n) is 9.27. The summed E-state index contributed by atoms with van der Waals surface area (Å²) >= 11 is 0. The van der Waals surface area contributed by atoms with E-state index in [1.165, 1.54) is 14.2 Å². The van der Waals surface area contributed by atoms with E-state index >= 15 is 0 Å². The second kappa shape index (κ2) is 6.76. The standard InChI is InChI=1S/C10H15N3O3/c1-15-9(16-2)7-12-10(14)13-8-3-5-11-6-4-8/h3-6,9H,7H2,1-2H3,(H2,11,12,13,14). The number of pyridine rings is 1. The molecule has 0 bridgehead atoms. The maximum absolute atomic E-state index is 11.4. The van der Waals surface area contributed by atoms with Crippen molar-refractivity contribution in [3.8, 4) is 0 Å². The van der Waals surface area contributed by atoms with Gasteiger partial charge in [0.1, 0.15) is 0 Å². The molecule has 1 heterocycles. The van der Waals surface area contributed by atoms with E-state index in [0.717, 1.165) is 0 Å². The first kappa shape index (κ1) is 12.4. The van der Waals surface area contributed by atoms with Crippen LogP contribution < -0.4 is 10.6 Å². The fourth-order valence-corrected chi connectivity index (χ4v) is 1.05. The maximum Gasteiger partial charge on any atom is 0.319 e. The highest BCUT2D eigenvalue weighted by Crippen LogP contribution is 2.02. The van der Waals surface area contributed by atoms with Gasteiger partial charge in [0, 0.05) is 32.3 Å². The van der Waals surface area contributed by atoms with Crippen LogP contribution in [0.15, 0.2) is 24.5 Å². The topological polar surface area (TPSA) is 72.5 Å². The Labute approximate surface area is 94.0 Å². The Morgan fingerprint density at radius 3 is 2.56 bits per heavy atom. The highest BCUT2D eigenvalue weighted by molar-refractivity contribution is 5.89. The lowest BCUT2D eigenvalue weighted by molar-refractivity contribution is -0.0970. The number of carbonyl (C=O) groups is 1. The van der Waals surface area contributed by atoms with E-state index in [2.05, 4.69) is 15.6 Å². The molecule has 1 aromatic heterocycles. The molecule has 0 radical (unpaired) electrons. The van der Waals surface area contributed by atoms with Gasteiger partial charge in [-0.2, -0.15) is 0 Å². The maximum atomic E-state index is 11.4. The third-order valence-electron chi connectivity index (χ3n) is 1.89. The lowest BCUT2D eigenvalue weighted by atomic mass is 10.4. The molecular formula is C10H15N3O3. The average molecular weight is 225 g/mol. The molecule has 0 aromatic carbocycles. The van der Waals surface area contributed by atoms with Crippen LogP contribution in [0.2, 0.25) is 0 Å². The number of carbonyl (C=O) groups excluding carboxylic acids is 1. The molecular weight excluding hydrogens is 210 g/mol. The third kappa shape index (κ3) is 4.24. The molecule has 0 saturated heterocycles. The van der Waals surface area contributed by atoms with Gasteiger partial charge in [-0.1, -0.05) is 0 Å². The first-order valence-electron chi connectivity index (χ1n) is 4.76. The third-order valence-corrected chi connectivity index (χ3v) is 1.89. The van der Waals surface area contributed by atoms with E-state index in [1.54, 1.807) is 24.5 Å². The van der Waals surface area contributed by atoms with Gasteiger partial charge in [-0.3, -0.25) is 4.98 Å². The zero-order valence-corrected chi connectivity index (χ0v) is 9.27. The van der Waals surface area contributed by atoms with Crippen LogP contribution in [0, 0.1) is 0 Å². The minimum absolute atomic E-state index is 0.282. The number of nitrogens with zero attached hydrogens (tertiary/aromatic N) is 1. The van der Waals surface area contributed by atoms with Gasteiger partial charge in [0.15, 0.2) is 6.29 Å². The quantitative estimate of drug-likeness (QED) is 0.728. The Morgan fingerprint density at radius 2 is 2.00 bits per heavy atom. The lowest BCUT2D eigenvalue weighted by Gasteiger charge is -2.14. The molecule has 2 N–H and O–H groups in total. The number of urea groups is 1. The summed E-state index contributed by atoms with van der Waals surface area (Å²) < 4.78 is 9.85. The van der Waals surface area contributed by atoms with Gasteiger partial charge < -0.3 is 20.1 Å². The minimum Gasteiger partial charge on any atom is -0.354 e. The number of anilines is 1. The summed E-state index contributed by atoms with van der Waals surface area (Å²) in [6.45, 7) is 0.282. The minimum atomic E-state index is -0.441. The molecule has 6 heteroatoms. The molecule has 2 amide bonds. The van der Waals surface area contributed by atoms with Gasteiger partial charge in [-0.15, -0.1) is 0 Å². The van der Waals surface area contributed by atoms with Gasteiger partial charge in [-0.25, -0.2) is 4.79 Å². The predicted octanol–water partition coefficient (Wildman–Crippen LogP) is 0.822.